The summed E-state index contributed by atoms with van der Waals surface area (Å²) in [5, 5.41) is 1.76. The number of hydrogen-bond acceptors (Lipinski definition) is 20. The topological polar surface area (TPSA) is 236 Å². The van der Waals surface area contributed by atoms with Crippen molar-refractivity contribution in [2.75, 3.05) is 50.3 Å². The fourth-order valence-corrected chi connectivity index (χ4v) is 10.2. The number of rotatable bonds is 20. The number of benzene rings is 2. The largest absolute Gasteiger partial charge is 1.00 e. The highest BCUT2D eigenvalue weighted by Gasteiger charge is 2.55. The third-order valence-electron chi connectivity index (χ3n) is 12.8. The minimum absolute atomic E-state index is 0. The van der Waals surface area contributed by atoms with Gasteiger partial charge in [0.1, 0.15) is 11.9 Å². The monoisotopic (exact) mass is 1240 g/mol. The zero-order valence-electron chi connectivity index (χ0n) is 47.0. The lowest BCUT2D eigenvalue weighted by Crippen LogP contribution is -3.00. The Morgan fingerprint density at radius 1 is 0.617 bits per heavy atom. The Morgan fingerprint density at radius 2 is 1.07 bits per heavy atom. The smallest absolute Gasteiger partial charge is 0.339 e. The lowest BCUT2D eigenvalue weighted by atomic mass is 9.90. The van der Waals surface area contributed by atoms with Crippen LogP contribution in [0.15, 0.2) is 42.2 Å². The molecule has 22 nitrogen and oxygen atoms in total. The van der Waals surface area contributed by atoms with Crippen molar-refractivity contribution in [2.24, 2.45) is 5.92 Å². The van der Waals surface area contributed by atoms with Gasteiger partial charge in [-0.15, -0.1) is 0 Å². The number of halogens is 5. The van der Waals surface area contributed by atoms with Crippen LogP contribution in [0.1, 0.15) is 87.9 Å². The molecule has 4 heterocycles. The predicted octanol–water partition coefficient (Wildman–Crippen LogP) is 4.70. The number of fused-ring (bicyclic) bond motifs is 2. The molecule has 1 aromatic heterocycles. The number of hydrogen-bond donors (Lipinski definition) is 0. The number of ether oxygens (including phenoxy) is 11. The van der Waals surface area contributed by atoms with Crippen molar-refractivity contribution in [1.82, 2.24) is 4.57 Å². The van der Waals surface area contributed by atoms with Gasteiger partial charge in [0.05, 0.1) is 65.4 Å². The van der Waals surface area contributed by atoms with Gasteiger partial charge in [0.15, 0.2) is 60.2 Å². The van der Waals surface area contributed by atoms with Crippen molar-refractivity contribution in [1.29, 1.82) is 0 Å². The minimum Gasteiger partial charge on any atom is -1.00 e. The maximum atomic E-state index is 12.9. The van der Waals surface area contributed by atoms with E-state index in [1.807, 2.05) is 42.5 Å². The Hall–Kier alpha value is -5.43. The van der Waals surface area contributed by atoms with Crippen molar-refractivity contribution < 1.29 is 103 Å². The maximum absolute atomic E-state index is 12.9. The van der Waals surface area contributed by atoms with Gasteiger partial charge < -0.3 is 74.3 Å². The van der Waals surface area contributed by atoms with Gasteiger partial charge in [-0.05, 0) is 45.4 Å². The first kappa shape index (κ1) is 68.1. The van der Waals surface area contributed by atoms with Crippen LogP contribution in [0.2, 0.25) is 20.1 Å². The van der Waals surface area contributed by atoms with E-state index in [4.69, 9.17) is 93.8 Å². The highest BCUT2D eigenvalue weighted by molar-refractivity contribution is 6.43. The fraction of sp³-hybridized carbons (Fsp3) is 0.556. The third kappa shape index (κ3) is 16.7. The first-order valence-electron chi connectivity index (χ1n) is 25.9. The van der Waals surface area contributed by atoms with E-state index in [2.05, 4.69) is 44.4 Å². The Balaban J connectivity index is 0.000000516. The molecule has 3 aromatic rings. The van der Waals surface area contributed by atoms with E-state index in [0.717, 1.165) is 68.4 Å². The van der Waals surface area contributed by atoms with Crippen molar-refractivity contribution in [2.45, 2.75) is 150 Å². The summed E-state index contributed by atoms with van der Waals surface area (Å²) in [7, 11) is 2.33. The Bertz CT molecular complexity index is 2770. The van der Waals surface area contributed by atoms with Crippen molar-refractivity contribution >= 4 is 117 Å². The Kier molecular flexibility index (Phi) is 26.3. The zero-order chi connectivity index (χ0) is 59.3. The number of methoxy groups -OCH3 is 2. The van der Waals surface area contributed by atoms with E-state index in [0.29, 0.717) is 59.3 Å². The first-order valence-corrected chi connectivity index (χ1v) is 27.4. The number of aromatic nitrogens is 2. The molecule has 10 atom stereocenters. The van der Waals surface area contributed by atoms with Crippen LogP contribution < -0.4 is 26.8 Å². The molecule has 0 aliphatic carbocycles. The van der Waals surface area contributed by atoms with E-state index < -0.39 is 103 Å². The van der Waals surface area contributed by atoms with E-state index in [1.165, 1.54) is 21.0 Å². The number of nitrogens with zero attached hydrogens (tertiary/aromatic N) is 4. The van der Waals surface area contributed by atoms with E-state index in [1.54, 1.807) is 13.8 Å². The number of esters is 7. The van der Waals surface area contributed by atoms with Crippen LogP contribution in [0.4, 0.5) is 11.4 Å². The van der Waals surface area contributed by atoms with Gasteiger partial charge in [0.25, 0.3) is 5.82 Å². The SMILES string of the molecule is CCC[n+]1c(C=CC=C2N(CC)c3cc(Cl)c(Cl)cc3N2CC)n(CCCO[C@@H]2OC(C(=O)OC)[C@@H](OC(C)=O)[C@@H](OC(C)=O)C2OC(C)=O)c2cc(Cl)c(Cl)cc21.CCO[C@H]1OC(C(=O)OC)[C@H](OC(C)=O)[C@H](C)C1OC(C)=O.[Cl-]. The summed E-state index contributed by atoms with van der Waals surface area (Å²) in [6.45, 7) is 18.3. The van der Waals surface area contributed by atoms with E-state index in [-0.39, 0.29) is 19.0 Å². The molecule has 0 N–H and O–H groups in total. The molecule has 4 unspecified atom stereocenters. The molecule has 6 rings (SSSR count). The highest BCUT2D eigenvalue weighted by atomic mass is 35.5. The van der Waals surface area contributed by atoms with Crippen LogP contribution in [0.5, 0.6) is 0 Å². The molecule has 2 saturated heterocycles. The molecule has 0 spiro atoms. The van der Waals surface area contributed by atoms with Gasteiger partial charge in [-0.1, -0.05) is 66.3 Å². The first-order chi connectivity index (χ1) is 38.0. The number of carbonyl (C=O) groups excluding carboxylic acids is 7. The van der Waals surface area contributed by atoms with Gasteiger partial charge in [-0.2, -0.15) is 0 Å². The molecule has 2 fully saturated rings. The third-order valence-corrected chi connectivity index (χ3v) is 14.2. The van der Waals surface area contributed by atoms with E-state index >= 15 is 0 Å². The Labute approximate surface area is 496 Å². The second kappa shape index (κ2) is 31.3. The minimum atomic E-state index is -1.57. The molecule has 81 heavy (non-hydrogen) atoms. The summed E-state index contributed by atoms with van der Waals surface area (Å²) in [6.07, 6.45) is -3.91. The molecule has 3 aliphatic rings. The molecule has 0 bridgehead atoms. The molecule has 2 aromatic carbocycles. The molecule has 0 saturated carbocycles. The van der Waals surface area contributed by atoms with Crippen LogP contribution in [-0.4, -0.2) is 142 Å². The zero-order valence-corrected chi connectivity index (χ0v) is 50.8. The van der Waals surface area contributed by atoms with Gasteiger partial charge in [0.2, 0.25) is 0 Å². The van der Waals surface area contributed by atoms with Gasteiger partial charge in [-0.25, -0.2) is 18.7 Å². The molecule has 0 radical (unpaired) electrons. The van der Waals surface area contributed by atoms with Crippen LogP contribution in [0.3, 0.4) is 0 Å². The van der Waals surface area contributed by atoms with Gasteiger partial charge >= 0.3 is 41.8 Å². The van der Waals surface area contributed by atoms with Crippen LogP contribution in [-0.2, 0) is 98.8 Å². The van der Waals surface area contributed by atoms with Crippen LogP contribution >= 0.6 is 46.4 Å². The molecule has 27 heteroatoms. The summed E-state index contributed by atoms with van der Waals surface area (Å²) in [5.41, 5.74) is 3.64. The summed E-state index contributed by atoms with van der Waals surface area (Å²) >= 11 is 26.0. The number of imidazole rings is 1. The standard InChI is InChI=1S/C40H47Cl4N4O10.C14H22O8.ClH/c1-8-15-47-31-20-27(43)28(44)21-32(31)48(34(47)14-11-13-33-45(9-2)29-18-25(41)26(42)19-30(29)46(33)10-3)16-12-17-54-40-38(57-24(6)51)36(56-23(5)50)35(55-22(4)49)37(58-40)39(52)53-7;1-6-19-14-11(21-9(4)16)7(2)10(20-8(3)15)12(22-14)13(17)18-5;/h11,13-14,18-21,35-38,40H,8-10,12,15-17H2,1-7H3;7,10-12,14H,6H2,1-5H3;1H/q+1;;/p-1/t35-,36+,37?,38?,40+;7-,10+,11?,12?,14-;/m00./s1. The predicted molar refractivity (Wildman–Crippen MR) is 293 cm³/mol. The summed E-state index contributed by atoms with van der Waals surface area (Å²) in [4.78, 5) is 88.2. The highest BCUT2D eigenvalue weighted by Crippen LogP contribution is 2.45. The average molecular weight is 1240 g/mol. The van der Waals surface area contributed by atoms with Gasteiger partial charge in [0, 0.05) is 84.9 Å². The maximum Gasteiger partial charge on any atom is 0.339 e. The molecular formula is C54H69Cl5N4O18. The second-order valence-corrected chi connectivity index (χ2v) is 20.0. The van der Waals surface area contributed by atoms with Crippen LogP contribution in [0, 0.1) is 5.92 Å². The summed E-state index contributed by atoms with van der Waals surface area (Å²) < 4.78 is 63.6. The van der Waals surface area contributed by atoms with Crippen molar-refractivity contribution in [3.8, 4) is 0 Å². The summed E-state index contributed by atoms with van der Waals surface area (Å²) in [5.74, 6) is -3.74. The molecule has 3 aliphatic heterocycles. The van der Waals surface area contributed by atoms with Crippen molar-refractivity contribution in [3.05, 3.63) is 68.2 Å². The Morgan fingerprint density at radius 3 is 1.57 bits per heavy atom. The quantitative estimate of drug-likeness (QED) is 0.0645. The lowest BCUT2D eigenvalue weighted by molar-refractivity contribution is -0.674. The summed E-state index contributed by atoms with van der Waals surface area (Å²) in [6, 6.07) is 7.44. The second-order valence-electron chi connectivity index (χ2n) is 18.3. The number of anilines is 2. The average Bonchev–Trinajstić information content (AvgIpc) is 3.90. The number of carbonyl (C=O) groups is 7. The lowest BCUT2D eigenvalue weighted by Gasteiger charge is -2.43. The van der Waals surface area contributed by atoms with Crippen LogP contribution in [0.25, 0.3) is 17.1 Å². The van der Waals surface area contributed by atoms with Crippen molar-refractivity contribution in [3.63, 3.8) is 0 Å². The van der Waals surface area contributed by atoms with E-state index in [9.17, 15) is 33.6 Å². The number of aryl methyl sites for hydroxylation is 2. The normalized spacial score (nSPS) is 23.1. The fourth-order valence-electron chi connectivity index (χ4n) is 9.61. The molecule has 0 amide bonds. The van der Waals surface area contributed by atoms with Gasteiger partial charge in [-0.3, -0.25) is 24.0 Å². The molecule has 448 valence electrons. The number of allylic oxidation sites excluding steroid dienone is 2. The molecular weight excluding hydrogens is 1170 g/mol.